The predicted octanol–water partition coefficient (Wildman–Crippen LogP) is 4.03. The van der Waals surface area contributed by atoms with E-state index < -0.39 is 0 Å². The summed E-state index contributed by atoms with van der Waals surface area (Å²) < 4.78 is 0. The lowest BCUT2D eigenvalue weighted by Gasteiger charge is -2.18. The smallest absolute Gasteiger partial charge is 0.00415 e. The summed E-state index contributed by atoms with van der Waals surface area (Å²) >= 11 is 0. The molecule has 0 spiro atoms. The van der Waals surface area contributed by atoms with Gasteiger partial charge in [0.25, 0.3) is 0 Å². The van der Waals surface area contributed by atoms with E-state index in [2.05, 4.69) is 6.58 Å². The maximum absolute atomic E-state index is 6.16. The zero-order valence-electron chi connectivity index (χ0n) is 10.1. The molecular weight excluding hydrogens is 182 g/mol. The monoisotopic (exact) mass is 209 g/mol. The highest BCUT2D eigenvalue weighted by Crippen LogP contribution is 2.26. The van der Waals surface area contributed by atoms with Crippen molar-refractivity contribution in [3.8, 4) is 0 Å². The molecule has 1 aliphatic carbocycles. The average Bonchev–Trinajstić information content (AvgIpc) is 2.47. The van der Waals surface area contributed by atoms with E-state index in [-0.39, 0.29) is 0 Å². The molecular formula is C14H27N. The van der Waals surface area contributed by atoms with Gasteiger partial charge in [-0.1, -0.05) is 44.6 Å². The van der Waals surface area contributed by atoms with Crippen molar-refractivity contribution in [3.63, 3.8) is 0 Å². The zero-order valence-corrected chi connectivity index (χ0v) is 10.1. The van der Waals surface area contributed by atoms with Gasteiger partial charge in [0, 0.05) is 6.04 Å². The van der Waals surface area contributed by atoms with Crippen LogP contribution in [-0.4, -0.2) is 6.04 Å². The van der Waals surface area contributed by atoms with E-state index in [4.69, 9.17) is 5.73 Å². The van der Waals surface area contributed by atoms with Crippen molar-refractivity contribution in [2.45, 2.75) is 70.3 Å². The van der Waals surface area contributed by atoms with E-state index in [0.29, 0.717) is 6.04 Å². The number of rotatable bonds is 6. The molecule has 0 saturated heterocycles. The van der Waals surface area contributed by atoms with E-state index >= 15 is 0 Å². The lowest BCUT2D eigenvalue weighted by Crippen LogP contribution is -2.23. The van der Waals surface area contributed by atoms with E-state index in [0.717, 1.165) is 12.3 Å². The Morgan fingerprint density at radius 3 is 2.47 bits per heavy atom. The molecule has 1 rings (SSSR count). The number of unbranched alkanes of at least 4 members (excludes halogenated alkanes) is 1. The van der Waals surface area contributed by atoms with E-state index in [1.165, 1.54) is 57.8 Å². The van der Waals surface area contributed by atoms with Crippen molar-refractivity contribution in [3.05, 3.63) is 12.7 Å². The molecule has 0 aromatic rings. The molecule has 0 aliphatic heterocycles. The Labute approximate surface area is 95.1 Å². The molecule has 0 aromatic carbocycles. The third-order valence-corrected chi connectivity index (χ3v) is 3.59. The van der Waals surface area contributed by atoms with Crippen molar-refractivity contribution in [1.29, 1.82) is 0 Å². The fourth-order valence-corrected chi connectivity index (χ4v) is 2.67. The van der Waals surface area contributed by atoms with Crippen LogP contribution in [0.15, 0.2) is 12.7 Å². The van der Waals surface area contributed by atoms with Crippen molar-refractivity contribution in [2.75, 3.05) is 0 Å². The third-order valence-electron chi connectivity index (χ3n) is 3.59. The molecule has 0 aromatic heterocycles. The molecule has 1 unspecified atom stereocenters. The highest BCUT2D eigenvalue weighted by molar-refractivity contribution is 4.73. The second-order valence-electron chi connectivity index (χ2n) is 5.07. The van der Waals surface area contributed by atoms with Gasteiger partial charge >= 0.3 is 0 Å². The summed E-state index contributed by atoms with van der Waals surface area (Å²) in [5, 5.41) is 0. The van der Waals surface area contributed by atoms with Gasteiger partial charge in [-0.3, -0.25) is 0 Å². The Morgan fingerprint density at radius 1 is 1.20 bits per heavy atom. The summed E-state index contributed by atoms with van der Waals surface area (Å²) in [7, 11) is 0. The molecule has 88 valence electrons. The standard InChI is InChI=1S/C14H27N/c1-2-3-6-11-14(15)12-13-9-7-4-5-8-10-13/h2,13-14H,1,3-12,15H2. The molecule has 15 heavy (non-hydrogen) atoms. The molecule has 1 nitrogen and oxygen atoms in total. The molecule has 1 heteroatoms. The van der Waals surface area contributed by atoms with Crippen molar-refractivity contribution >= 4 is 0 Å². The number of hydrogen-bond acceptors (Lipinski definition) is 1. The van der Waals surface area contributed by atoms with Crippen LogP contribution in [0.1, 0.15) is 64.2 Å². The summed E-state index contributed by atoms with van der Waals surface area (Å²) in [6.07, 6.45) is 15.4. The van der Waals surface area contributed by atoms with E-state index in [1.807, 2.05) is 6.08 Å². The van der Waals surface area contributed by atoms with Gasteiger partial charge in [-0.05, 0) is 31.6 Å². The van der Waals surface area contributed by atoms with Gasteiger partial charge in [0.15, 0.2) is 0 Å². The lowest BCUT2D eigenvalue weighted by atomic mass is 9.91. The van der Waals surface area contributed by atoms with Gasteiger partial charge in [0.05, 0.1) is 0 Å². The number of hydrogen-bond donors (Lipinski definition) is 1. The van der Waals surface area contributed by atoms with Crippen LogP contribution in [-0.2, 0) is 0 Å². The molecule has 0 heterocycles. The fourth-order valence-electron chi connectivity index (χ4n) is 2.67. The highest BCUT2D eigenvalue weighted by atomic mass is 14.6. The third kappa shape index (κ3) is 5.99. The van der Waals surface area contributed by atoms with Crippen LogP contribution >= 0.6 is 0 Å². The van der Waals surface area contributed by atoms with Crippen molar-refractivity contribution in [2.24, 2.45) is 11.7 Å². The molecule has 1 fully saturated rings. The minimum atomic E-state index is 0.438. The summed E-state index contributed by atoms with van der Waals surface area (Å²) in [5.41, 5.74) is 6.16. The quantitative estimate of drug-likeness (QED) is 0.399. The minimum absolute atomic E-state index is 0.438. The first kappa shape index (κ1) is 12.8. The topological polar surface area (TPSA) is 26.0 Å². The first-order valence-electron chi connectivity index (χ1n) is 6.69. The Bertz CT molecular complexity index is 157. The van der Waals surface area contributed by atoms with Gasteiger partial charge in [-0.2, -0.15) is 0 Å². The second-order valence-corrected chi connectivity index (χ2v) is 5.07. The summed E-state index contributed by atoms with van der Waals surface area (Å²) in [6, 6.07) is 0.438. The van der Waals surface area contributed by atoms with Gasteiger partial charge in [0.1, 0.15) is 0 Å². The summed E-state index contributed by atoms with van der Waals surface area (Å²) in [5.74, 6) is 0.922. The predicted molar refractivity (Wildman–Crippen MR) is 67.8 cm³/mol. The SMILES string of the molecule is C=CCCCC(N)CC1CCCCCC1. The van der Waals surface area contributed by atoms with E-state index in [1.54, 1.807) is 0 Å². The van der Waals surface area contributed by atoms with Gasteiger partial charge in [-0.25, -0.2) is 0 Å². The molecule has 1 atom stereocenters. The fraction of sp³-hybridized carbons (Fsp3) is 0.857. The normalized spacial score (nSPS) is 20.9. The van der Waals surface area contributed by atoms with Gasteiger partial charge in [-0.15, -0.1) is 6.58 Å². The van der Waals surface area contributed by atoms with Gasteiger partial charge < -0.3 is 5.73 Å². The van der Waals surface area contributed by atoms with Crippen LogP contribution in [0.2, 0.25) is 0 Å². The van der Waals surface area contributed by atoms with Crippen LogP contribution in [0.5, 0.6) is 0 Å². The average molecular weight is 209 g/mol. The van der Waals surface area contributed by atoms with Crippen LogP contribution in [0, 0.1) is 5.92 Å². The Kier molecular flexibility index (Phi) is 6.74. The molecule has 1 aliphatic rings. The maximum atomic E-state index is 6.16. The highest BCUT2D eigenvalue weighted by Gasteiger charge is 2.15. The molecule has 0 radical (unpaired) electrons. The van der Waals surface area contributed by atoms with Crippen molar-refractivity contribution < 1.29 is 0 Å². The number of allylic oxidation sites excluding steroid dienone is 1. The molecule has 2 N–H and O–H groups in total. The minimum Gasteiger partial charge on any atom is -0.328 e. The molecule has 0 bridgehead atoms. The Balaban J connectivity index is 2.11. The maximum Gasteiger partial charge on any atom is 0.00415 e. The van der Waals surface area contributed by atoms with E-state index in [9.17, 15) is 0 Å². The summed E-state index contributed by atoms with van der Waals surface area (Å²) in [4.78, 5) is 0. The first-order chi connectivity index (χ1) is 7.33. The summed E-state index contributed by atoms with van der Waals surface area (Å²) in [6.45, 7) is 3.74. The molecule has 0 amide bonds. The van der Waals surface area contributed by atoms with Gasteiger partial charge in [0.2, 0.25) is 0 Å². The van der Waals surface area contributed by atoms with Crippen molar-refractivity contribution in [1.82, 2.24) is 0 Å². The Morgan fingerprint density at radius 2 is 1.87 bits per heavy atom. The Hall–Kier alpha value is -0.300. The number of nitrogens with two attached hydrogens (primary N) is 1. The van der Waals surface area contributed by atoms with Crippen LogP contribution < -0.4 is 5.73 Å². The lowest BCUT2D eigenvalue weighted by molar-refractivity contribution is 0.375. The van der Waals surface area contributed by atoms with Crippen LogP contribution in [0.25, 0.3) is 0 Å². The van der Waals surface area contributed by atoms with Crippen LogP contribution in [0.4, 0.5) is 0 Å². The molecule has 1 saturated carbocycles. The zero-order chi connectivity index (χ0) is 10.9. The largest absolute Gasteiger partial charge is 0.328 e. The second kappa shape index (κ2) is 7.92. The first-order valence-corrected chi connectivity index (χ1v) is 6.69. The van der Waals surface area contributed by atoms with Crippen LogP contribution in [0.3, 0.4) is 0 Å².